The van der Waals surface area contributed by atoms with Gasteiger partial charge in [0.05, 0.1) is 5.41 Å². The van der Waals surface area contributed by atoms with Gasteiger partial charge in [-0.15, -0.1) is 22.7 Å². The highest BCUT2D eigenvalue weighted by atomic mass is 32.1. The van der Waals surface area contributed by atoms with Crippen LogP contribution in [0.25, 0.3) is 0 Å². The average molecular weight is 360 g/mol. The predicted molar refractivity (Wildman–Crippen MR) is 97.1 cm³/mol. The highest BCUT2D eigenvalue weighted by Gasteiger charge is 2.39. The van der Waals surface area contributed by atoms with E-state index in [1.165, 1.54) is 23.5 Å². The second-order valence-electron chi connectivity index (χ2n) is 6.02. The van der Waals surface area contributed by atoms with Crippen LogP contribution < -0.4 is 5.32 Å². The summed E-state index contributed by atoms with van der Waals surface area (Å²) >= 11 is 2.94. The minimum atomic E-state index is -0.773. The van der Waals surface area contributed by atoms with E-state index >= 15 is 0 Å². The van der Waals surface area contributed by atoms with Crippen LogP contribution in [0.1, 0.15) is 30.2 Å². The first-order chi connectivity index (χ1) is 11.5. The minimum Gasteiger partial charge on any atom is -0.301 e. The summed E-state index contributed by atoms with van der Waals surface area (Å²) < 4.78 is 13.8. The first-order valence-corrected chi connectivity index (χ1v) is 9.24. The van der Waals surface area contributed by atoms with Gasteiger partial charge in [-0.1, -0.05) is 32.0 Å². The van der Waals surface area contributed by atoms with Gasteiger partial charge >= 0.3 is 0 Å². The molecule has 0 radical (unpaired) electrons. The van der Waals surface area contributed by atoms with E-state index < -0.39 is 5.41 Å². The Morgan fingerprint density at radius 3 is 2.67 bits per heavy atom. The highest BCUT2D eigenvalue weighted by molar-refractivity contribution is 7.13. The van der Waals surface area contributed by atoms with E-state index in [0.717, 1.165) is 10.4 Å². The van der Waals surface area contributed by atoms with Gasteiger partial charge in [0.15, 0.2) is 5.13 Å². The normalized spacial score (nSPS) is 12.8. The molecule has 1 aromatic carbocycles. The summed E-state index contributed by atoms with van der Waals surface area (Å²) in [5.74, 6) is -0.682. The fourth-order valence-corrected chi connectivity index (χ4v) is 4.31. The SMILES string of the molecule is CC(C)(C(=O)Nc1nccs1)C(c1cccc(F)c1)c1cccs1. The van der Waals surface area contributed by atoms with E-state index in [-0.39, 0.29) is 17.6 Å². The monoisotopic (exact) mass is 360 g/mol. The van der Waals surface area contributed by atoms with Gasteiger partial charge in [-0.25, -0.2) is 9.37 Å². The topological polar surface area (TPSA) is 42.0 Å². The Labute approximate surface area is 148 Å². The maximum Gasteiger partial charge on any atom is 0.232 e. The van der Waals surface area contributed by atoms with Crippen molar-refractivity contribution in [3.8, 4) is 0 Å². The number of amides is 1. The molecule has 3 aromatic rings. The van der Waals surface area contributed by atoms with E-state index in [4.69, 9.17) is 0 Å². The lowest BCUT2D eigenvalue weighted by Gasteiger charge is -2.32. The van der Waals surface area contributed by atoms with Crippen molar-refractivity contribution in [2.45, 2.75) is 19.8 Å². The number of benzene rings is 1. The molecular formula is C18H17FN2OS2. The quantitative estimate of drug-likeness (QED) is 0.684. The van der Waals surface area contributed by atoms with Crippen molar-refractivity contribution in [1.29, 1.82) is 0 Å². The Bertz CT molecular complexity index is 813. The molecule has 3 nitrogen and oxygen atoms in total. The molecule has 0 aliphatic heterocycles. The first-order valence-electron chi connectivity index (χ1n) is 7.48. The van der Waals surface area contributed by atoms with Crippen LogP contribution in [0.2, 0.25) is 0 Å². The van der Waals surface area contributed by atoms with Crippen LogP contribution in [0.15, 0.2) is 53.4 Å². The van der Waals surface area contributed by atoms with Crippen LogP contribution in [0.5, 0.6) is 0 Å². The molecule has 1 amide bonds. The molecule has 0 bridgehead atoms. The fourth-order valence-electron chi connectivity index (χ4n) is 2.75. The molecule has 24 heavy (non-hydrogen) atoms. The maximum atomic E-state index is 13.8. The largest absolute Gasteiger partial charge is 0.301 e. The maximum absolute atomic E-state index is 13.8. The Hall–Kier alpha value is -2.05. The van der Waals surface area contributed by atoms with Crippen LogP contribution in [0.3, 0.4) is 0 Å². The van der Waals surface area contributed by atoms with Gasteiger partial charge in [0.25, 0.3) is 0 Å². The lowest BCUT2D eigenvalue weighted by molar-refractivity contribution is -0.124. The van der Waals surface area contributed by atoms with Crippen LogP contribution in [0, 0.1) is 11.2 Å². The van der Waals surface area contributed by atoms with Crippen LogP contribution in [-0.2, 0) is 4.79 Å². The van der Waals surface area contributed by atoms with E-state index in [1.807, 2.05) is 42.8 Å². The van der Waals surface area contributed by atoms with Crippen molar-refractivity contribution in [2.24, 2.45) is 5.41 Å². The number of carbonyl (C=O) groups excluding carboxylic acids is 1. The number of nitrogens with one attached hydrogen (secondary N) is 1. The third kappa shape index (κ3) is 3.39. The number of rotatable bonds is 5. The molecule has 1 N–H and O–H groups in total. The number of hydrogen-bond acceptors (Lipinski definition) is 4. The lowest BCUT2D eigenvalue weighted by atomic mass is 9.73. The minimum absolute atomic E-state index is 0.139. The zero-order chi connectivity index (χ0) is 17.2. The first kappa shape index (κ1) is 16.8. The number of anilines is 1. The molecule has 0 saturated heterocycles. The molecule has 1 unspecified atom stereocenters. The van der Waals surface area contributed by atoms with Gasteiger partial charge in [0.1, 0.15) is 5.82 Å². The molecule has 0 aliphatic rings. The third-order valence-electron chi connectivity index (χ3n) is 3.97. The highest BCUT2D eigenvalue weighted by Crippen LogP contribution is 2.43. The average Bonchev–Trinajstić information content (AvgIpc) is 3.21. The lowest BCUT2D eigenvalue weighted by Crippen LogP contribution is -2.36. The predicted octanol–water partition coefficient (Wildman–Crippen LogP) is 5.14. The summed E-state index contributed by atoms with van der Waals surface area (Å²) in [7, 11) is 0. The standard InChI is InChI=1S/C18H17FN2OS2/c1-18(2,16(22)21-17-20-8-10-24-17)15(14-7-4-9-23-14)12-5-3-6-13(19)11-12/h3-11,15H,1-2H3,(H,20,21,22). The molecule has 1 atom stereocenters. The van der Waals surface area contributed by atoms with Gasteiger partial charge in [0, 0.05) is 22.4 Å². The van der Waals surface area contributed by atoms with Gasteiger partial charge in [0.2, 0.25) is 5.91 Å². The van der Waals surface area contributed by atoms with E-state index in [9.17, 15) is 9.18 Å². The Balaban J connectivity index is 1.99. The molecular weight excluding hydrogens is 343 g/mol. The summed E-state index contributed by atoms with van der Waals surface area (Å²) in [5, 5.41) is 7.22. The second kappa shape index (κ2) is 6.83. The summed E-state index contributed by atoms with van der Waals surface area (Å²) in [6.07, 6.45) is 1.65. The Morgan fingerprint density at radius 2 is 2.04 bits per heavy atom. The zero-order valence-electron chi connectivity index (χ0n) is 13.3. The number of nitrogens with zero attached hydrogens (tertiary/aromatic N) is 1. The molecule has 3 rings (SSSR count). The molecule has 2 heterocycles. The van der Waals surface area contributed by atoms with E-state index in [1.54, 1.807) is 23.6 Å². The summed E-state index contributed by atoms with van der Waals surface area (Å²) in [5.41, 5.74) is 0.0152. The fraction of sp³-hybridized carbons (Fsp3) is 0.222. The van der Waals surface area contributed by atoms with Gasteiger partial charge in [-0.2, -0.15) is 0 Å². The number of carbonyl (C=O) groups is 1. The van der Waals surface area contributed by atoms with Crippen LogP contribution >= 0.6 is 22.7 Å². The molecule has 0 aliphatic carbocycles. The molecule has 0 saturated carbocycles. The van der Waals surface area contributed by atoms with E-state index in [2.05, 4.69) is 10.3 Å². The van der Waals surface area contributed by atoms with Crippen molar-refractivity contribution in [1.82, 2.24) is 4.98 Å². The number of hydrogen-bond donors (Lipinski definition) is 1. The summed E-state index contributed by atoms with van der Waals surface area (Å²) in [6, 6.07) is 10.4. The smallest absolute Gasteiger partial charge is 0.232 e. The zero-order valence-corrected chi connectivity index (χ0v) is 15.0. The van der Waals surface area contributed by atoms with Gasteiger partial charge < -0.3 is 5.32 Å². The van der Waals surface area contributed by atoms with Crippen molar-refractivity contribution in [3.05, 3.63) is 69.6 Å². The van der Waals surface area contributed by atoms with Crippen molar-refractivity contribution < 1.29 is 9.18 Å². The van der Waals surface area contributed by atoms with E-state index in [0.29, 0.717) is 5.13 Å². The molecule has 2 aromatic heterocycles. The number of thiophene rings is 1. The molecule has 124 valence electrons. The summed E-state index contributed by atoms with van der Waals surface area (Å²) in [6.45, 7) is 3.76. The summed E-state index contributed by atoms with van der Waals surface area (Å²) in [4.78, 5) is 18.0. The Kier molecular flexibility index (Phi) is 4.78. The van der Waals surface area contributed by atoms with Crippen LogP contribution in [-0.4, -0.2) is 10.9 Å². The molecule has 0 spiro atoms. The third-order valence-corrected chi connectivity index (χ3v) is 5.60. The van der Waals surface area contributed by atoms with Crippen LogP contribution in [0.4, 0.5) is 9.52 Å². The number of thiazole rings is 1. The molecule has 6 heteroatoms. The van der Waals surface area contributed by atoms with Crippen molar-refractivity contribution >= 4 is 33.7 Å². The second-order valence-corrected chi connectivity index (χ2v) is 7.89. The number of aromatic nitrogens is 1. The number of halogens is 1. The van der Waals surface area contributed by atoms with Gasteiger partial charge in [-0.05, 0) is 29.1 Å². The van der Waals surface area contributed by atoms with Crippen molar-refractivity contribution in [2.75, 3.05) is 5.32 Å². The Morgan fingerprint density at radius 1 is 1.21 bits per heavy atom. The molecule has 0 fully saturated rings. The van der Waals surface area contributed by atoms with Gasteiger partial charge in [-0.3, -0.25) is 4.79 Å². The van der Waals surface area contributed by atoms with Crippen molar-refractivity contribution in [3.63, 3.8) is 0 Å².